The molecule has 0 aliphatic heterocycles. The second-order valence-electron chi connectivity index (χ2n) is 0.315. The van der Waals surface area contributed by atoms with Crippen molar-refractivity contribution in [2.75, 3.05) is 7.05 Å². The first-order valence-corrected chi connectivity index (χ1v) is 3.34. The Morgan fingerprint density at radius 1 is 1.50 bits per heavy atom. The quantitative estimate of drug-likeness (QED) is 0.574. The molecule has 6 heavy (non-hydrogen) atoms. The predicted octanol–water partition coefficient (Wildman–Crippen LogP) is 1.09. The first-order chi connectivity index (χ1) is 2.91. The maximum atomic E-state index is 3.52. The van der Waals surface area contributed by atoms with Gasteiger partial charge in [-0.3, -0.25) is 0 Å². The molecule has 0 saturated heterocycles. The Hall–Kier alpha value is 0.268. The number of hydrogen-bond donors (Lipinski definition) is 0. The summed E-state index contributed by atoms with van der Waals surface area (Å²) >= 11 is 1.29. The Labute approximate surface area is 49.9 Å². The summed E-state index contributed by atoms with van der Waals surface area (Å²) < 4.78 is 2.64. The van der Waals surface area contributed by atoms with Crippen LogP contribution in [-0.2, 0) is 19.4 Å². The summed E-state index contributed by atoms with van der Waals surface area (Å²) in [5.41, 5.74) is 0. The molecule has 0 aliphatic carbocycles. The molecule has 0 aliphatic rings. The van der Waals surface area contributed by atoms with Gasteiger partial charge >= 0.3 is 35.6 Å². The molecule has 0 radical (unpaired) electrons. The van der Waals surface area contributed by atoms with Crippen LogP contribution in [0.15, 0.2) is 4.99 Å². The average Bonchev–Trinajstić information content (AvgIpc) is 1.72. The molecule has 0 aromatic rings. The van der Waals surface area contributed by atoms with Crippen LogP contribution in [0, 0.1) is 0 Å². The van der Waals surface area contributed by atoms with E-state index in [1.54, 1.807) is 7.05 Å². The van der Waals surface area contributed by atoms with Gasteiger partial charge in [0.25, 0.3) is 0 Å². The van der Waals surface area contributed by atoms with E-state index in [1.165, 1.54) is 19.4 Å². The van der Waals surface area contributed by atoms with Crippen LogP contribution in [0.1, 0.15) is 13.8 Å². The van der Waals surface area contributed by atoms with E-state index in [-0.39, 0.29) is 0 Å². The third-order valence-electron chi connectivity index (χ3n) is 0.0913. The molecule has 0 aromatic heterocycles. The third-order valence-corrected chi connectivity index (χ3v) is 0.747. The molecule has 0 aromatic carbocycles. The van der Waals surface area contributed by atoms with E-state index >= 15 is 0 Å². The van der Waals surface area contributed by atoms with Gasteiger partial charge in [0.15, 0.2) is 0 Å². The molecule has 1 nitrogen and oxygen atoms in total. The molecule has 0 atom stereocenters. The van der Waals surface area contributed by atoms with Gasteiger partial charge in [-0.25, -0.2) is 0 Å². The van der Waals surface area contributed by atoms with E-state index in [4.69, 9.17) is 0 Å². The molecule has 0 amide bonds. The second-order valence-corrected chi connectivity index (χ2v) is 0.971. The number of hydrogen-bond acceptors (Lipinski definition) is 1. The van der Waals surface area contributed by atoms with Gasteiger partial charge in [-0.05, 0) is 0 Å². The Morgan fingerprint density at radius 3 is 1.67 bits per heavy atom. The molecule has 2 heteroatoms. The Kier molecular flexibility index (Phi) is 29.7. The molecule has 0 heterocycles. The van der Waals surface area contributed by atoms with E-state index in [0.29, 0.717) is 0 Å². The SMILES string of the molecule is CC.CN=[C]=[W]. The van der Waals surface area contributed by atoms with Crippen LogP contribution in [-0.4, -0.2) is 11.2 Å². The van der Waals surface area contributed by atoms with E-state index in [0.717, 1.165) is 0 Å². The molecular weight excluding hydrogens is 246 g/mol. The van der Waals surface area contributed by atoms with Crippen molar-refractivity contribution in [3.8, 4) is 0 Å². The summed E-state index contributed by atoms with van der Waals surface area (Å²) in [5.74, 6) is 0. The Balaban J connectivity index is 0. The fourth-order valence-electron chi connectivity index (χ4n) is 0. The summed E-state index contributed by atoms with van der Waals surface area (Å²) in [4.78, 5) is 3.52. The van der Waals surface area contributed by atoms with Crippen molar-refractivity contribution in [2.45, 2.75) is 13.8 Å². The Bertz CT molecular complexity index is 45.5. The number of aliphatic imine (C=N–C) groups is 1. The van der Waals surface area contributed by atoms with Crippen LogP contribution in [0.3, 0.4) is 0 Å². The van der Waals surface area contributed by atoms with Gasteiger partial charge in [-0.15, -0.1) is 0 Å². The summed E-state index contributed by atoms with van der Waals surface area (Å²) in [6.45, 7) is 4.00. The van der Waals surface area contributed by atoms with E-state index in [1.807, 2.05) is 13.8 Å². The van der Waals surface area contributed by atoms with Crippen LogP contribution in [0.25, 0.3) is 0 Å². The van der Waals surface area contributed by atoms with Gasteiger partial charge in [0.2, 0.25) is 0 Å². The third kappa shape index (κ3) is 28.3. The molecule has 0 bridgehead atoms. The van der Waals surface area contributed by atoms with Crippen LogP contribution in [0.4, 0.5) is 0 Å². The monoisotopic (exact) mass is 255 g/mol. The summed E-state index contributed by atoms with van der Waals surface area (Å²) in [6, 6.07) is 0. The van der Waals surface area contributed by atoms with Crippen LogP contribution in [0.2, 0.25) is 0 Å². The minimum absolute atomic E-state index is 1.29. The zero-order valence-corrected chi connectivity index (χ0v) is 7.29. The summed E-state index contributed by atoms with van der Waals surface area (Å²) in [5, 5.41) is 0. The van der Waals surface area contributed by atoms with E-state index in [9.17, 15) is 0 Å². The van der Waals surface area contributed by atoms with Crippen molar-refractivity contribution in [3.63, 3.8) is 0 Å². The normalized spacial score (nSPS) is 3.83. The molecule has 0 rings (SSSR count). The molecular formula is C4H9NW. The van der Waals surface area contributed by atoms with Crippen molar-refractivity contribution in [1.29, 1.82) is 0 Å². The average molecular weight is 255 g/mol. The van der Waals surface area contributed by atoms with Crippen molar-refractivity contribution in [3.05, 3.63) is 0 Å². The fraction of sp³-hybridized carbons (Fsp3) is 0.750. The molecule has 0 saturated carbocycles. The topological polar surface area (TPSA) is 12.4 Å². The predicted molar refractivity (Wildman–Crippen MR) is 24.7 cm³/mol. The molecule has 0 unspecified atom stereocenters. The number of nitrogens with zero attached hydrogens (tertiary/aromatic N) is 1. The molecule has 36 valence electrons. The minimum atomic E-state index is 1.29. The first-order valence-electron chi connectivity index (χ1n) is 1.87. The van der Waals surface area contributed by atoms with Crippen LogP contribution >= 0.6 is 0 Å². The van der Waals surface area contributed by atoms with Gasteiger partial charge in [-0.2, -0.15) is 0 Å². The zero-order chi connectivity index (χ0) is 5.41. The van der Waals surface area contributed by atoms with Crippen LogP contribution in [0.5, 0.6) is 0 Å². The number of rotatable bonds is 0. The van der Waals surface area contributed by atoms with Gasteiger partial charge < -0.3 is 0 Å². The van der Waals surface area contributed by atoms with Gasteiger partial charge in [0.05, 0.1) is 0 Å². The molecule has 0 N–H and O–H groups in total. The zero-order valence-electron chi connectivity index (χ0n) is 4.36. The second kappa shape index (κ2) is 18.7. The van der Waals surface area contributed by atoms with Crippen molar-refractivity contribution >= 4 is 4.19 Å². The van der Waals surface area contributed by atoms with Gasteiger partial charge in [0.1, 0.15) is 0 Å². The summed E-state index contributed by atoms with van der Waals surface area (Å²) in [6.07, 6.45) is 0. The van der Waals surface area contributed by atoms with Crippen molar-refractivity contribution in [1.82, 2.24) is 0 Å². The standard InChI is InChI=1S/C2H3N.C2H6.W/c1-3-2;1-2;/h1H3;1-2H3;. The molecule has 0 fully saturated rings. The van der Waals surface area contributed by atoms with E-state index < -0.39 is 0 Å². The molecule has 0 spiro atoms. The van der Waals surface area contributed by atoms with E-state index in [2.05, 4.69) is 9.19 Å². The van der Waals surface area contributed by atoms with Gasteiger partial charge in [0, 0.05) is 0 Å². The first kappa shape index (κ1) is 9.55. The maximum absolute atomic E-state index is 3.52. The summed E-state index contributed by atoms with van der Waals surface area (Å²) in [7, 11) is 1.72. The van der Waals surface area contributed by atoms with Gasteiger partial charge in [-0.1, -0.05) is 13.8 Å². The Morgan fingerprint density at radius 2 is 1.67 bits per heavy atom. The fourth-order valence-corrected chi connectivity index (χ4v) is 0. The van der Waals surface area contributed by atoms with Crippen molar-refractivity contribution in [2.24, 2.45) is 4.99 Å². The van der Waals surface area contributed by atoms with Crippen LogP contribution < -0.4 is 0 Å². The van der Waals surface area contributed by atoms with Crippen molar-refractivity contribution < 1.29 is 19.4 Å².